The first-order chi connectivity index (χ1) is 7.51. The number of nitrogens with one attached hydrogen (secondary N) is 1. The fourth-order valence-electron chi connectivity index (χ4n) is 1.16. The van der Waals surface area contributed by atoms with Gasteiger partial charge >= 0.3 is 0 Å². The molecule has 0 aromatic heterocycles. The summed E-state index contributed by atoms with van der Waals surface area (Å²) in [7, 11) is -2.02. The molecular formula is C10H16N2O2S2. The molecule has 3 N–H and O–H groups in total. The number of anilines is 1. The number of sulfonamides is 1. The lowest BCUT2D eigenvalue weighted by molar-refractivity contribution is 0.588. The molecule has 0 radical (unpaired) electrons. The maximum Gasteiger partial charge on any atom is 0.240 e. The molecule has 0 unspecified atom stereocenters. The molecule has 1 rings (SSSR count). The largest absolute Gasteiger partial charge is 0.398 e. The highest BCUT2D eigenvalue weighted by Crippen LogP contribution is 2.27. The van der Waals surface area contributed by atoms with Crippen molar-refractivity contribution < 1.29 is 8.42 Å². The molecule has 0 aliphatic carbocycles. The average molecular weight is 260 g/mol. The van der Waals surface area contributed by atoms with Crippen LogP contribution in [0.4, 0.5) is 5.69 Å². The number of hydrogen-bond acceptors (Lipinski definition) is 4. The molecule has 4 nitrogen and oxygen atoms in total. The summed E-state index contributed by atoms with van der Waals surface area (Å²) in [5.74, 6) is 0.975. The van der Waals surface area contributed by atoms with Gasteiger partial charge in [0, 0.05) is 10.6 Å². The maximum atomic E-state index is 11.5. The number of rotatable bonds is 5. The van der Waals surface area contributed by atoms with Crippen LogP contribution >= 0.6 is 11.8 Å². The maximum absolute atomic E-state index is 11.5. The highest BCUT2D eigenvalue weighted by atomic mass is 32.2. The van der Waals surface area contributed by atoms with Gasteiger partial charge in [-0.3, -0.25) is 0 Å². The molecular weight excluding hydrogens is 244 g/mol. The average Bonchev–Trinajstić information content (AvgIpc) is 2.27. The van der Waals surface area contributed by atoms with E-state index in [-0.39, 0.29) is 4.90 Å². The molecule has 16 heavy (non-hydrogen) atoms. The van der Waals surface area contributed by atoms with Crippen LogP contribution in [0.3, 0.4) is 0 Å². The molecule has 0 heterocycles. The van der Waals surface area contributed by atoms with Crippen molar-refractivity contribution in [3.05, 3.63) is 18.2 Å². The second-order valence-electron chi connectivity index (χ2n) is 3.26. The number of thioether (sulfide) groups is 1. The van der Waals surface area contributed by atoms with Gasteiger partial charge in [-0.1, -0.05) is 6.92 Å². The third kappa shape index (κ3) is 3.13. The van der Waals surface area contributed by atoms with Crippen LogP contribution in [0, 0.1) is 0 Å². The quantitative estimate of drug-likeness (QED) is 0.624. The fourth-order valence-corrected chi connectivity index (χ4v) is 2.73. The minimum absolute atomic E-state index is 0.202. The highest BCUT2D eigenvalue weighted by molar-refractivity contribution is 7.99. The SMILES string of the molecule is CCCSc1ccc(S(=O)(=O)NC)cc1N. The van der Waals surface area contributed by atoms with E-state index in [0.29, 0.717) is 5.69 Å². The molecule has 0 saturated carbocycles. The first kappa shape index (κ1) is 13.3. The van der Waals surface area contributed by atoms with Crippen LogP contribution in [0.5, 0.6) is 0 Å². The lowest BCUT2D eigenvalue weighted by Gasteiger charge is -2.07. The van der Waals surface area contributed by atoms with E-state index in [2.05, 4.69) is 11.6 Å². The van der Waals surface area contributed by atoms with Crippen LogP contribution in [0.2, 0.25) is 0 Å². The van der Waals surface area contributed by atoms with E-state index in [0.717, 1.165) is 17.1 Å². The summed E-state index contributed by atoms with van der Waals surface area (Å²) in [4.78, 5) is 1.13. The zero-order chi connectivity index (χ0) is 12.2. The van der Waals surface area contributed by atoms with Crippen molar-refractivity contribution in [2.24, 2.45) is 0 Å². The Hall–Kier alpha value is -0.720. The van der Waals surface area contributed by atoms with Gasteiger partial charge in [-0.25, -0.2) is 13.1 Å². The van der Waals surface area contributed by atoms with Crippen molar-refractivity contribution in [3.8, 4) is 0 Å². The van der Waals surface area contributed by atoms with Gasteiger partial charge < -0.3 is 5.73 Å². The summed E-state index contributed by atoms with van der Waals surface area (Å²) in [5, 5.41) is 0. The second kappa shape index (κ2) is 5.56. The van der Waals surface area contributed by atoms with Gasteiger partial charge in [0.05, 0.1) is 4.90 Å². The predicted molar refractivity (Wildman–Crippen MR) is 68.1 cm³/mol. The molecule has 0 amide bonds. The monoisotopic (exact) mass is 260 g/mol. The Morgan fingerprint density at radius 2 is 2.12 bits per heavy atom. The molecule has 6 heteroatoms. The molecule has 0 bridgehead atoms. The lowest BCUT2D eigenvalue weighted by Crippen LogP contribution is -2.18. The molecule has 0 spiro atoms. The van der Waals surface area contributed by atoms with E-state index in [1.54, 1.807) is 23.9 Å². The van der Waals surface area contributed by atoms with Crippen LogP contribution in [0.25, 0.3) is 0 Å². The van der Waals surface area contributed by atoms with Gasteiger partial charge in [0.1, 0.15) is 0 Å². The van der Waals surface area contributed by atoms with E-state index in [1.807, 2.05) is 0 Å². The van der Waals surface area contributed by atoms with Crippen LogP contribution in [0.1, 0.15) is 13.3 Å². The Labute approximate surface area is 101 Å². The molecule has 1 aromatic carbocycles. The smallest absolute Gasteiger partial charge is 0.240 e. The van der Waals surface area contributed by atoms with E-state index >= 15 is 0 Å². The number of hydrogen-bond donors (Lipinski definition) is 2. The second-order valence-corrected chi connectivity index (χ2v) is 6.28. The van der Waals surface area contributed by atoms with E-state index in [1.165, 1.54) is 13.1 Å². The Morgan fingerprint density at radius 1 is 1.44 bits per heavy atom. The Morgan fingerprint density at radius 3 is 2.62 bits per heavy atom. The van der Waals surface area contributed by atoms with E-state index in [4.69, 9.17) is 5.73 Å². The molecule has 0 fully saturated rings. The Kier molecular flexibility index (Phi) is 4.64. The summed E-state index contributed by atoms with van der Waals surface area (Å²) in [6.07, 6.45) is 1.06. The molecule has 0 aliphatic rings. The van der Waals surface area contributed by atoms with Gasteiger partial charge in [0.15, 0.2) is 0 Å². The Balaban J connectivity index is 3.00. The summed E-state index contributed by atoms with van der Waals surface area (Å²) in [5.41, 5.74) is 6.31. The van der Waals surface area contributed by atoms with Crippen molar-refractivity contribution in [1.29, 1.82) is 0 Å². The minimum atomic E-state index is -3.40. The van der Waals surface area contributed by atoms with Crippen LogP contribution in [-0.2, 0) is 10.0 Å². The standard InChI is InChI=1S/C10H16N2O2S2/c1-3-6-15-10-5-4-8(7-9(10)11)16(13,14)12-2/h4-5,7,12H,3,6,11H2,1-2H3. The molecule has 0 aliphatic heterocycles. The van der Waals surface area contributed by atoms with Crippen LogP contribution in [0.15, 0.2) is 28.0 Å². The van der Waals surface area contributed by atoms with Gasteiger partial charge in [-0.2, -0.15) is 0 Å². The summed E-state index contributed by atoms with van der Waals surface area (Å²) in [6, 6.07) is 4.81. The van der Waals surface area contributed by atoms with Gasteiger partial charge in [-0.05, 0) is 37.4 Å². The number of nitrogens with two attached hydrogens (primary N) is 1. The topological polar surface area (TPSA) is 72.2 Å². The third-order valence-electron chi connectivity index (χ3n) is 2.02. The van der Waals surface area contributed by atoms with Crippen molar-refractivity contribution in [2.45, 2.75) is 23.1 Å². The molecule has 0 atom stereocenters. The zero-order valence-corrected chi connectivity index (χ0v) is 11.0. The van der Waals surface area contributed by atoms with Crippen molar-refractivity contribution >= 4 is 27.5 Å². The van der Waals surface area contributed by atoms with Gasteiger partial charge in [0.2, 0.25) is 10.0 Å². The molecule has 90 valence electrons. The fraction of sp³-hybridized carbons (Fsp3) is 0.400. The van der Waals surface area contributed by atoms with Crippen molar-refractivity contribution in [2.75, 3.05) is 18.5 Å². The highest BCUT2D eigenvalue weighted by Gasteiger charge is 2.12. The molecule has 1 aromatic rings. The first-order valence-corrected chi connectivity index (χ1v) is 7.44. The summed E-state index contributed by atoms with van der Waals surface area (Å²) < 4.78 is 25.3. The van der Waals surface area contributed by atoms with E-state index < -0.39 is 10.0 Å². The van der Waals surface area contributed by atoms with Crippen molar-refractivity contribution in [3.63, 3.8) is 0 Å². The zero-order valence-electron chi connectivity index (χ0n) is 9.36. The normalized spacial score (nSPS) is 11.6. The predicted octanol–water partition coefficient (Wildman–Crippen LogP) is 1.68. The third-order valence-corrected chi connectivity index (χ3v) is 4.73. The minimum Gasteiger partial charge on any atom is -0.398 e. The van der Waals surface area contributed by atoms with Gasteiger partial charge in [-0.15, -0.1) is 11.8 Å². The Bertz CT molecular complexity index is 458. The number of nitrogen functional groups attached to an aromatic ring is 1. The summed E-state index contributed by atoms with van der Waals surface area (Å²) in [6.45, 7) is 2.09. The summed E-state index contributed by atoms with van der Waals surface area (Å²) >= 11 is 1.63. The van der Waals surface area contributed by atoms with Crippen molar-refractivity contribution in [1.82, 2.24) is 4.72 Å². The van der Waals surface area contributed by atoms with Crippen LogP contribution in [-0.4, -0.2) is 21.2 Å². The first-order valence-electron chi connectivity index (χ1n) is 4.97. The van der Waals surface area contributed by atoms with Crippen LogP contribution < -0.4 is 10.5 Å². The van der Waals surface area contributed by atoms with Gasteiger partial charge in [0.25, 0.3) is 0 Å². The number of benzene rings is 1. The van der Waals surface area contributed by atoms with E-state index in [9.17, 15) is 8.42 Å². The molecule has 0 saturated heterocycles. The lowest BCUT2D eigenvalue weighted by atomic mass is 10.3.